The van der Waals surface area contributed by atoms with Gasteiger partial charge in [-0.2, -0.15) is 0 Å². The van der Waals surface area contributed by atoms with Gasteiger partial charge in [0.15, 0.2) is 0 Å². The van der Waals surface area contributed by atoms with Gasteiger partial charge in [0.1, 0.15) is 6.04 Å². The van der Waals surface area contributed by atoms with Crippen molar-refractivity contribution in [2.24, 2.45) is 5.73 Å². The summed E-state index contributed by atoms with van der Waals surface area (Å²) in [5, 5.41) is 2.81. The Hall–Kier alpha value is -2.37. The van der Waals surface area contributed by atoms with Crippen LogP contribution in [0.4, 0.5) is 0 Å². The van der Waals surface area contributed by atoms with Crippen LogP contribution in [0.2, 0.25) is 0 Å². The van der Waals surface area contributed by atoms with Gasteiger partial charge in [0, 0.05) is 13.5 Å². The van der Waals surface area contributed by atoms with Gasteiger partial charge in [0.2, 0.25) is 17.7 Å². The Morgan fingerprint density at radius 2 is 1.96 bits per heavy atom. The lowest BCUT2D eigenvalue weighted by atomic mass is 9.98. The number of amides is 3. The highest BCUT2D eigenvalue weighted by atomic mass is 16.2. The summed E-state index contributed by atoms with van der Waals surface area (Å²) in [6.07, 6.45) is 2.49. The minimum atomic E-state index is -0.537. The molecule has 1 fully saturated rings. The van der Waals surface area contributed by atoms with Gasteiger partial charge in [-0.1, -0.05) is 30.3 Å². The number of piperidine rings is 1. The summed E-state index contributed by atoms with van der Waals surface area (Å²) in [6, 6.07) is 8.40. The van der Waals surface area contributed by atoms with Crippen LogP contribution in [0, 0.1) is 0 Å². The van der Waals surface area contributed by atoms with E-state index in [0.717, 1.165) is 18.4 Å². The summed E-state index contributed by atoms with van der Waals surface area (Å²) in [5.74, 6) is -0.818. The molecule has 2 unspecified atom stereocenters. The molecule has 6 nitrogen and oxygen atoms in total. The highest BCUT2D eigenvalue weighted by Gasteiger charge is 2.32. The second kappa shape index (κ2) is 7.76. The molecule has 1 heterocycles. The molecule has 1 aromatic rings. The number of nitrogens with one attached hydrogen (secondary N) is 1. The monoisotopic (exact) mass is 317 g/mol. The number of nitrogens with two attached hydrogens (primary N) is 1. The Morgan fingerprint density at radius 1 is 1.26 bits per heavy atom. The summed E-state index contributed by atoms with van der Waals surface area (Å²) < 4.78 is 0. The van der Waals surface area contributed by atoms with Crippen LogP contribution in [0.25, 0.3) is 0 Å². The maximum atomic E-state index is 12.6. The largest absolute Gasteiger partial charge is 0.368 e. The summed E-state index contributed by atoms with van der Waals surface area (Å²) in [4.78, 5) is 37.2. The number of hydrogen-bond acceptors (Lipinski definition) is 3. The number of rotatable bonds is 5. The van der Waals surface area contributed by atoms with Gasteiger partial charge in [-0.05, 0) is 24.8 Å². The number of carbonyl (C=O) groups excluding carboxylic acids is 3. The molecule has 1 aliphatic rings. The number of primary amides is 1. The third-order valence-electron chi connectivity index (χ3n) is 4.11. The topological polar surface area (TPSA) is 92.5 Å². The van der Waals surface area contributed by atoms with Crippen LogP contribution in [0.15, 0.2) is 30.3 Å². The number of carbonyl (C=O) groups is 3. The fraction of sp³-hybridized carbons (Fsp3) is 0.471. The van der Waals surface area contributed by atoms with E-state index in [9.17, 15) is 14.4 Å². The summed E-state index contributed by atoms with van der Waals surface area (Å²) in [5.41, 5.74) is 6.28. The van der Waals surface area contributed by atoms with Crippen LogP contribution in [0.3, 0.4) is 0 Å². The van der Waals surface area contributed by atoms with E-state index in [2.05, 4.69) is 5.32 Å². The molecule has 0 saturated carbocycles. The Bertz CT molecular complexity index is 574. The van der Waals surface area contributed by atoms with Gasteiger partial charge in [-0.3, -0.25) is 14.4 Å². The Kier molecular flexibility index (Phi) is 5.73. The van der Waals surface area contributed by atoms with E-state index < -0.39 is 18.0 Å². The van der Waals surface area contributed by atoms with Crippen LogP contribution in [0.5, 0.6) is 0 Å². The van der Waals surface area contributed by atoms with Crippen LogP contribution >= 0.6 is 0 Å². The molecule has 124 valence electrons. The van der Waals surface area contributed by atoms with Crippen molar-refractivity contribution < 1.29 is 14.4 Å². The van der Waals surface area contributed by atoms with Crippen molar-refractivity contribution in [1.82, 2.24) is 10.2 Å². The first kappa shape index (κ1) is 17.0. The van der Waals surface area contributed by atoms with E-state index >= 15 is 0 Å². The van der Waals surface area contributed by atoms with E-state index in [1.807, 2.05) is 30.3 Å². The number of hydrogen-bond donors (Lipinski definition) is 2. The molecule has 2 atom stereocenters. The van der Waals surface area contributed by atoms with Crippen molar-refractivity contribution in [1.29, 1.82) is 0 Å². The molecule has 1 saturated heterocycles. The molecule has 3 amide bonds. The quantitative estimate of drug-likeness (QED) is 0.852. The van der Waals surface area contributed by atoms with Crippen molar-refractivity contribution in [2.45, 2.75) is 44.7 Å². The highest BCUT2D eigenvalue weighted by molar-refractivity contribution is 5.87. The first-order chi connectivity index (χ1) is 11.0. The minimum Gasteiger partial charge on any atom is -0.368 e. The molecule has 0 bridgehead atoms. The van der Waals surface area contributed by atoms with Gasteiger partial charge < -0.3 is 16.0 Å². The Labute approximate surface area is 136 Å². The lowest BCUT2D eigenvalue weighted by molar-refractivity contribution is -0.141. The van der Waals surface area contributed by atoms with E-state index in [1.165, 1.54) is 6.92 Å². The normalized spacial score (nSPS) is 19.0. The van der Waals surface area contributed by atoms with Gasteiger partial charge in [-0.15, -0.1) is 0 Å². The molecule has 0 radical (unpaired) electrons. The molecule has 6 heteroatoms. The van der Waals surface area contributed by atoms with Crippen LogP contribution < -0.4 is 11.1 Å². The molecule has 0 aromatic heterocycles. The van der Waals surface area contributed by atoms with Crippen molar-refractivity contribution in [3.8, 4) is 0 Å². The Balaban J connectivity index is 2.13. The number of benzene rings is 1. The summed E-state index contributed by atoms with van der Waals surface area (Å²) >= 11 is 0. The van der Waals surface area contributed by atoms with Crippen LogP contribution in [0.1, 0.15) is 44.2 Å². The fourth-order valence-corrected chi connectivity index (χ4v) is 3.00. The number of likely N-dealkylation sites (tertiary alicyclic amines) is 1. The summed E-state index contributed by atoms with van der Waals surface area (Å²) in [6.45, 7) is 1.96. The predicted octanol–water partition coefficient (Wildman–Crippen LogP) is 1.12. The average Bonchev–Trinajstić information content (AvgIpc) is 2.54. The van der Waals surface area contributed by atoms with E-state index in [0.29, 0.717) is 13.0 Å². The molecule has 1 aliphatic heterocycles. The number of nitrogens with zero attached hydrogens (tertiary/aromatic N) is 1. The zero-order valence-corrected chi connectivity index (χ0v) is 13.3. The molecular formula is C17H23N3O3. The van der Waals surface area contributed by atoms with E-state index in [4.69, 9.17) is 5.73 Å². The van der Waals surface area contributed by atoms with Crippen molar-refractivity contribution in [3.05, 3.63) is 35.9 Å². The van der Waals surface area contributed by atoms with Crippen molar-refractivity contribution >= 4 is 17.7 Å². The first-order valence-electron chi connectivity index (χ1n) is 7.90. The molecule has 3 N–H and O–H groups in total. The maximum Gasteiger partial charge on any atom is 0.240 e. The predicted molar refractivity (Wildman–Crippen MR) is 86.2 cm³/mol. The van der Waals surface area contributed by atoms with Gasteiger partial charge in [-0.25, -0.2) is 0 Å². The fourth-order valence-electron chi connectivity index (χ4n) is 3.00. The van der Waals surface area contributed by atoms with Crippen molar-refractivity contribution in [2.75, 3.05) is 6.54 Å². The zero-order chi connectivity index (χ0) is 16.8. The molecule has 23 heavy (non-hydrogen) atoms. The second-order valence-corrected chi connectivity index (χ2v) is 5.87. The highest BCUT2D eigenvalue weighted by Crippen LogP contribution is 2.22. The van der Waals surface area contributed by atoms with E-state index in [-0.39, 0.29) is 18.2 Å². The van der Waals surface area contributed by atoms with Crippen LogP contribution in [-0.4, -0.2) is 35.2 Å². The third-order valence-corrected chi connectivity index (χ3v) is 4.11. The molecule has 0 spiro atoms. The van der Waals surface area contributed by atoms with Gasteiger partial charge in [0.25, 0.3) is 0 Å². The standard InChI is InChI=1S/C17H23N3O3/c1-12(21)19-14(13-7-3-2-4-8-13)11-16(22)20-10-6-5-9-15(20)17(18)23/h2-4,7-8,14-15H,5-6,9-11H2,1H3,(H2,18,23)(H,19,21). The SMILES string of the molecule is CC(=O)NC(CC(=O)N1CCCCC1C(N)=O)c1ccccc1. The van der Waals surface area contributed by atoms with Crippen molar-refractivity contribution in [3.63, 3.8) is 0 Å². The van der Waals surface area contributed by atoms with E-state index in [1.54, 1.807) is 4.90 Å². The minimum absolute atomic E-state index is 0.118. The summed E-state index contributed by atoms with van der Waals surface area (Å²) in [7, 11) is 0. The molecular weight excluding hydrogens is 294 g/mol. The molecule has 1 aromatic carbocycles. The smallest absolute Gasteiger partial charge is 0.240 e. The lowest BCUT2D eigenvalue weighted by Gasteiger charge is -2.34. The third kappa shape index (κ3) is 4.55. The second-order valence-electron chi connectivity index (χ2n) is 5.87. The zero-order valence-electron chi connectivity index (χ0n) is 13.3. The van der Waals surface area contributed by atoms with Gasteiger partial charge >= 0.3 is 0 Å². The maximum absolute atomic E-state index is 12.6. The van der Waals surface area contributed by atoms with Crippen LogP contribution in [-0.2, 0) is 14.4 Å². The lowest BCUT2D eigenvalue weighted by Crippen LogP contribution is -2.51. The molecule has 2 rings (SSSR count). The Morgan fingerprint density at radius 3 is 2.57 bits per heavy atom. The van der Waals surface area contributed by atoms with Gasteiger partial charge in [0.05, 0.1) is 12.5 Å². The average molecular weight is 317 g/mol. The molecule has 0 aliphatic carbocycles. The first-order valence-corrected chi connectivity index (χ1v) is 7.90.